The second-order valence-corrected chi connectivity index (χ2v) is 7.89. The highest BCUT2D eigenvalue weighted by Gasteiger charge is 2.18. The summed E-state index contributed by atoms with van der Waals surface area (Å²) < 4.78 is 25.5. The monoisotopic (exact) mass is 412 g/mol. The van der Waals surface area contributed by atoms with E-state index in [0.29, 0.717) is 11.5 Å². The first-order valence-corrected chi connectivity index (χ1v) is 10.7. The molecule has 1 aliphatic rings. The minimum absolute atomic E-state index is 0.146. The zero-order valence-electron chi connectivity index (χ0n) is 18.7. The predicted octanol–water partition coefficient (Wildman–Crippen LogP) is 7.13. The van der Waals surface area contributed by atoms with Crippen LogP contribution in [0.2, 0.25) is 0 Å². The number of aryl methyl sites for hydroxylation is 2. The number of pyridine rings is 1. The van der Waals surface area contributed by atoms with Gasteiger partial charge in [0.15, 0.2) is 0 Å². The van der Waals surface area contributed by atoms with E-state index >= 15 is 0 Å². The van der Waals surface area contributed by atoms with Crippen LogP contribution in [-0.4, -0.2) is 29.6 Å². The number of likely N-dealkylation sites (tertiary alicyclic amines) is 1. The molecule has 0 bridgehead atoms. The van der Waals surface area contributed by atoms with Crippen LogP contribution in [0.5, 0.6) is 0 Å². The molecular formula is C26H34F2N2. The maximum atomic E-state index is 13.2. The Morgan fingerprint density at radius 2 is 1.83 bits per heavy atom. The maximum Gasteiger partial charge on any atom is 0.126 e. The van der Waals surface area contributed by atoms with Gasteiger partial charge in [-0.25, -0.2) is 4.39 Å². The molecule has 2 aromatic rings. The van der Waals surface area contributed by atoms with Crippen molar-refractivity contribution in [3.63, 3.8) is 0 Å². The number of alkyl halides is 1. The molecule has 30 heavy (non-hydrogen) atoms. The summed E-state index contributed by atoms with van der Waals surface area (Å²) >= 11 is 0. The second-order valence-electron chi connectivity index (χ2n) is 7.89. The van der Waals surface area contributed by atoms with Crippen molar-refractivity contribution in [1.82, 2.24) is 9.88 Å². The first kappa shape index (κ1) is 23.8. The van der Waals surface area contributed by atoms with Crippen LogP contribution in [0.15, 0.2) is 48.8 Å². The first-order chi connectivity index (χ1) is 14.4. The molecule has 0 aliphatic carbocycles. The number of nitrogens with zero attached hydrogens (tertiary/aromatic N) is 2. The lowest BCUT2D eigenvalue weighted by Crippen LogP contribution is -2.33. The molecule has 1 aromatic carbocycles. The molecule has 0 atom stereocenters. The van der Waals surface area contributed by atoms with Crippen molar-refractivity contribution in [2.24, 2.45) is 5.92 Å². The third kappa shape index (κ3) is 6.51. The Morgan fingerprint density at radius 1 is 1.17 bits per heavy atom. The van der Waals surface area contributed by atoms with Crippen LogP contribution in [0.25, 0.3) is 17.2 Å². The van der Waals surface area contributed by atoms with Gasteiger partial charge in [0.05, 0.1) is 12.4 Å². The summed E-state index contributed by atoms with van der Waals surface area (Å²) in [5, 5.41) is 0. The lowest BCUT2D eigenvalue weighted by atomic mass is 9.98. The Balaban J connectivity index is 0.000000232. The van der Waals surface area contributed by atoms with Gasteiger partial charge in [0, 0.05) is 30.5 Å². The topological polar surface area (TPSA) is 16.1 Å². The van der Waals surface area contributed by atoms with Crippen molar-refractivity contribution in [2.45, 2.75) is 47.0 Å². The number of hydrogen-bond acceptors (Lipinski definition) is 2. The molecule has 162 valence electrons. The molecule has 0 amide bonds. The normalized spacial score (nSPS) is 14.5. The van der Waals surface area contributed by atoms with Crippen LogP contribution in [0.1, 0.15) is 49.9 Å². The Bertz CT molecular complexity index is 865. The fourth-order valence-electron chi connectivity index (χ4n) is 3.53. The zero-order chi connectivity index (χ0) is 22.1. The molecular weight excluding hydrogens is 378 g/mol. The molecule has 1 aliphatic heterocycles. The van der Waals surface area contributed by atoms with Crippen LogP contribution in [-0.2, 0) is 0 Å². The van der Waals surface area contributed by atoms with E-state index in [4.69, 9.17) is 0 Å². The first-order valence-electron chi connectivity index (χ1n) is 10.7. The molecule has 1 saturated heterocycles. The van der Waals surface area contributed by atoms with Gasteiger partial charge in [0.25, 0.3) is 0 Å². The Hall–Kier alpha value is -2.49. The van der Waals surface area contributed by atoms with Crippen molar-refractivity contribution in [2.75, 3.05) is 19.8 Å². The highest BCUT2D eigenvalue weighted by atomic mass is 19.1. The van der Waals surface area contributed by atoms with Crippen molar-refractivity contribution < 1.29 is 8.78 Å². The van der Waals surface area contributed by atoms with Crippen LogP contribution in [0.4, 0.5) is 8.78 Å². The average molecular weight is 413 g/mol. The molecule has 4 heteroatoms. The van der Waals surface area contributed by atoms with E-state index < -0.39 is 0 Å². The highest BCUT2D eigenvalue weighted by molar-refractivity contribution is 5.66. The van der Waals surface area contributed by atoms with E-state index in [9.17, 15) is 8.78 Å². The van der Waals surface area contributed by atoms with Gasteiger partial charge in [0.1, 0.15) is 5.82 Å². The Morgan fingerprint density at radius 3 is 2.37 bits per heavy atom. The maximum absolute atomic E-state index is 13.2. The van der Waals surface area contributed by atoms with Crippen LogP contribution < -0.4 is 0 Å². The lowest BCUT2D eigenvalue weighted by molar-refractivity contribution is 0.196. The van der Waals surface area contributed by atoms with E-state index in [0.717, 1.165) is 54.7 Å². The molecule has 0 N–H and O–H groups in total. The zero-order valence-corrected chi connectivity index (χ0v) is 18.7. The number of piperidine rings is 1. The van der Waals surface area contributed by atoms with Crippen molar-refractivity contribution >= 4 is 6.08 Å². The smallest absolute Gasteiger partial charge is 0.126 e. The van der Waals surface area contributed by atoms with Gasteiger partial charge in [-0.15, -0.1) is 0 Å². The fourth-order valence-corrected chi connectivity index (χ4v) is 3.53. The molecule has 0 radical (unpaired) electrons. The van der Waals surface area contributed by atoms with E-state index in [2.05, 4.69) is 29.5 Å². The number of hydrogen-bond donors (Lipinski definition) is 0. The number of allylic oxidation sites excluding steroid dienone is 2. The minimum Gasteiger partial charge on any atom is -0.375 e. The lowest BCUT2D eigenvalue weighted by Gasteiger charge is -2.33. The van der Waals surface area contributed by atoms with Crippen molar-refractivity contribution in [3.8, 4) is 11.1 Å². The molecule has 2 nitrogen and oxygen atoms in total. The van der Waals surface area contributed by atoms with E-state index in [1.54, 1.807) is 13.0 Å². The summed E-state index contributed by atoms with van der Waals surface area (Å²) in [6, 6.07) is 7.21. The number of benzene rings is 1. The van der Waals surface area contributed by atoms with E-state index in [1.165, 1.54) is 11.8 Å². The van der Waals surface area contributed by atoms with E-state index in [-0.39, 0.29) is 12.5 Å². The third-order valence-corrected chi connectivity index (χ3v) is 5.62. The fraction of sp³-hybridized carbons (Fsp3) is 0.423. The summed E-state index contributed by atoms with van der Waals surface area (Å²) in [6.07, 6.45) is 8.78. The molecule has 0 spiro atoms. The number of aromatic nitrogens is 1. The van der Waals surface area contributed by atoms with Gasteiger partial charge in [-0.3, -0.25) is 9.37 Å². The largest absolute Gasteiger partial charge is 0.375 e. The molecule has 1 fully saturated rings. The van der Waals surface area contributed by atoms with Gasteiger partial charge in [-0.05, 0) is 86.9 Å². The van der Waals surface area contributed by atoms with E-state index in [1.807, 2.05) is 38.3 Å². The summed E-state index contributed by atoms with van der Waals surface area (Å²) in [7, 11) is 0. The second kappa shape index (κ2) is 11.6. The van der Waals surface area contributed by atoms with Crippen molar-refractivity contribution in [1.29, 1.82) is 0 Å². The van der Waals surface area contributed by atoms with Gasteiger partial charge in [-0.1, -0.05) is 25.6 Å². The summed E-state index contributed by atoms with van der Waals surface area (Å²) in [6.45, 7) is 13.7. The summed E-state index contributed by atoms with van der Waals surface area (Å²) in [5.74, 6) is 0.139. The van der Waals surface area contributed by atoms with Gasteiger partial charge in [0.2, 0.25) is 0 Å². The Kier molecular flexibility index (Phi) is 9.22. The van der Waals surface area contributed by atoms with Crippen LogP contribution >= 0.6 is 0 Å². The predicted molar refractivity (Wildman–Crippen MR) is 124 cm³/mol. The Labute approximate surface area is 180 Å². The van der Waals surface area contributed by atoms with Crippen LogP contribution in [0.3, 0.4) is 0 Å². The standard InChI is InChI=1S/C16H16FN.C10H18FN/c1-4-5-16-12(3)9-14(10-18-16)13-6-7-15(17)11(2)8-13;1-3-9(2)12-6-4-10(8-11)5-7-12/h4-10H,1-3H3;10H,2-8H2,1H3/b5-4-;. The summed E-state index contributed by atoms with van der Waals surface area (Å²) in [4.78, 5) is 6.70. The SMILES string of the molecule is C/C=C\c1ncc(-c2ccc(F)c(C)c2)cc1C.C=C(CC)N1CCC(CF)CC1. The summed E-state index contributed by atoms with van der Waals surface area (Å²) in [5.41, 5.74) is 5.96. The molecule has 3 rings (SSSR count). The third-order valence-electron chi connectivity index (χ3n) is 5.62. The average Bonchev–Trinajstić information content (AvgIpc) is 2.77. The molecule has 2 heterocycles. The van der Waals surface area contributed by atoms with Gasteiger partial charge >= 0.3 is 0 Å². The minimum atomic E-state index is -0.172. The molecule has 0 unspecified atom stereocenters. The van der Waals surface area contributed by atoms with Crippen LogP contribution in [0, 0.1) is 25.6 Å². The quantitative estimate of drug-likeness (QED) is 0.519. The molecule has 0 saturated carbocycles. The van der Waals surface area contributed by atoms with Gasteiger partial charge < -0.3 is 4.90 Å². The number of halogens is 2. The van der Waals surface area contributed by atoms with Gasteiger partial charge in [-0.2, -0.15) is 0 Å². The molecule has 1 aromatic heterocycles. The highest BCUT2D eigenvalue weighted by Crippen LogP contribution is 2.23. The van der Waals surface area contributed by atoms with Crippen molar-refractivity contribution in [3.05, 3.63) is 71.5 Å². The number of rotatable bonds is 5.